The Morgan fingerprint density at radius 1 is 1.58 bits per heavy atom. The van der Waals surface area contributed by atoms with Crippen LogP contribution in [0, 0.1) is 0 Å². The molecule has 1 aromatic heterocycles. The van der Waals surface area contributed by atoms with Gasteiger partial charge in [0.15, 0.2) is 0 Å². The molecule has 0 amide bonds. The van der Waals surface area contributed by atoms with Crippen LogP contribution in [0.3, 0.4) is 0 Å². The maximum absolute atomic E-state index is 13.0. The van der Waals surface area contributed by atoms with Crippen LogP contribution >= 0.6 is 31.9 Å². The minimum absolute atomic E-state index is 0.411. The van der Waals surface area contributed by atoms with Crippen molar-refractivity contribution in [2.45, 2.75) is 9.59 Å². The van der Waals surface area contributed by atoms with Crippen molar-refractivity contribution in [3.05, 3.63) is 30.1 Å². The van der Waals surface area contributed by atoms with Crippen LogP contribution in [0.25, 0.3) is 0 Å². The number of aliphatic hydroxyl groups excluding tert-OH is 1. The van der Waals surface area contributed by atoms with Gasteiger partial charge in [-0.15, -0.1) is 0 Å². The standard InChI is InChI=1S/C7H6Br2FNO/c8-7(9,10)6(12)5-2-1-3-11-4-5/h1-4,6,12H. The Hall–Kier alpha value is 0. The molecule has 1 unspecified atom stereocenters. The molecule has 1 N–H and O–H groups in total. The lowest BCUT2D eigenvalue weighted by Crippen LogP contribution is -2.16. The normalized spacial score (nSPS) is 14.3. The summed E-state index contributed by atoms with van der Waals surface area (Å²) in [5.74, 6) is 0. The third-order valence-corrected chi connectivity index (χ3v) is 2.18. The highest BCUT2D eigenvalue weighted by atomic mass is 79.9. The molecule has 0 spiro atoms. The summed E-state index contributed by atoms with van der Waals surface area (Å²) >= 11 is 5.31. The van der Waals surface area contributed by atoms with Gasteiger partial charge in [0.25, 0.3) is 0 Å². The maximum Gasteiger partial charge on any atom is 0.248 e. The van der Waals surface area contributed by atoms with E-state index in [0.29, 0.717) is 5.56 Å². The van der Waals surface area contributed by atoms with Crippen molar-refractivity contribution >= 4 is 31.9 Å². The number of nitrogens with zero attached hydrogens (tertiary/aromatic N) is 1. The molecule has 0 aliphatic rings. The van der Waals surface area contributed by atoms with Crippen molar-refractivity contribution in [2.24, 2.45) is 0 Å². The van der Waals surface area contributed by atoms with Crippen molar-refractivity contribution in [2.75, 3.05) is 0 Å². The van der Waals surface area contributed by atoms with Crippen LogP contribution < -0.4 is 0 Å². The second-order valence-electron chi connectivity index (χ2n) is 2.23. The molecule has 0 radical (unpaired) electrons. The number of hydrogen-bond donors (Lipinski definition) is 1. The summed E-state index contributed by atoms with van der Waals surface area (Å²) < 4.78 is 11.0. The molecule has 0 fully saturated rings. The zero-order valence-electron chi connectivity index (χ0n) is 5.92. The predicted molar refractivity (Wildman–Crippen MR) is 50.9 cm³/mol. The summed E-state index contributed by atoms with van der Waals surface area (Å²) in [5, 5.41) is 9.35. The Balaban J connectivity index is 2.86. The average molecular weight is 299 g/mol. The third kappa shape index (κ3) is 2.50. The quantitative estimate of drug-likeness (QED) is 0.851. The molecule has 0 saturated heterocycles. The van der Waals surface area contributed by atoms with E-state index in [1.165, 1.54) is 6.20 Å². The van der Waals surface area contributed by atoms with Gasteiger partial charge in [-0.2, -0.15) is 0 Å². The number of pyridine rings is 1. The van der Waals surface area contributed by atoms with E-state index in [2.05, 4.69) is 36.8 Å². The topological polar surface area (TPSA) is 33.1 Å². The third-order valence-electron chi connectivity index (χ3n) is 1.31. The minimum Gasteiger partial charge on any atom is -0.383 e. The van der Waals surface area contributed by atoms with E-state index in [9.17, 15) is 9.50 Å². The first-order chi connectivity index (χ1) is 5.52. The van der Waals surface area contributed by atoms with E-state index in [4.69, 9.17) is 0 Å². The van der Waals surface area contributed by atoms with E-state index in [-0.39, 0.29) is 0 Å². The van der Waals surface area contributed by atoms with E-state index < -0.39 is 9.59 Å². The largest absolute Gasteiger partial charge is 0.383 e. The fourth-order valence-corrected chi connectivity index (χ4v) is 1.26. The van der Waals surface area contributed by atoms with Crippen molar-refractivity contribution in [3.63, 3.8) is 0 Å². The van der Waals surface area contributed by atoms with Crippen molar-refractivity contribution in [3.8, 4) is 0 Å². The molecule has 1 rings (SSSR count). The Bertz CT molecular complexity index is 249. The van der Waals surface area contributed by atoms with Crippen LogP contribution in [-0.4, -0.2) is 13.6 Å². The van der Waals surface area contributed by atoms with Gasteiger partial charge in [0.05, 0.1) is 0 Å². The van der Waals surface area contributed by atoms with Gasteiger partial charge >= 0.3 is 0 Å². The van der Waals surface area contributed by atoms with E-state index in [1.807, 2.05) is 0 Å². The van der Waals surface area contributed by atoms with Gasteiger partial charge in [0, 0.05) is 18.0 Å². The molecular weight excluding hydrogens is 293 g/mol. The zero-order chi connectivity index (χ0) is 9.19. The molecule has 0 saturated carbocycles. The first-order valence-corrected chi connectivity index (χ1v) is 4.75. The first-order valence-electron chi connectivity index (χ1n) is 3.16. The molecule has 0 aromatic carbocycles. The summed E-state index contributed by atoms with van der Waals surface area (Å²) in [7, 11) is 0. The van der Waals surface area contributed by atoms with E-state index in [1.54, 1.807) is 18.3 Å². The Kier molecular flexibility index (Phi) is 3.20. The number of halogens is 3. The van der Waals surface area contributed by atoms with Gasteiger partial charge in [-0.25, -0.2) is 4.39 Å². The summed E-state index contributed by atoms with van der Waals surface area (Å²) in [4.78, 5) is 3.75. The predicted octanol–water partition coefficient (Wildman–Crippen LogP) is 2.53. The summed E-state index contributed by atoms with van der Waals surface area (Å²) in [6.07, 6.45) is 1.69. The van der Waals surface area contributed by atoms with Gasteiger partial charge in [-0.05, 0) is 37.9 Å². The fraction of sp³-hybridized carbons (Fsp3) is 0.286. The highest BCUT2D eigenvalue weighted by Crippen LogP contribution is 2.40. The molecule has 1 heterocycles. The Labute approximate surface area is 86.1 Å². The van der Waals surface area contributed by atoms with Crippen LogP contribution in [-0.2, 0) is 0 Å². The highest BCUT2D eigenvalue weighted by Gasteiger charge is 2.33. The highest BCUT2D eigenvalue weighted by molar-refractivity contribution is 9.25. The minimum atomic E-state index is -2.00. The molecule has 5 heteroatoms. The van der Waals surface area contributed by atoms with Gasteiger partial charge in [-0.3, -0.25) is 4.98 Å². The molecule has 0 aliphatic carbocycles. The van der Waals surface area contributed by atoms with Crippen LogP contribution in [0.5, 0.6) is 0 Å². The summed E-state index contributed by atoms with van der Waals surface area (Å²) in [6.45, 7) is 0. The molecule has 2 nitrogen and oxygen atoms in total. The molecule has 66 valence electrons. The molecule has 0 aliphatic heterocycles. The molecule has 1 aromatic rings. The Morgan fingerprint density at radius 2 is 2.25 bits per heavy atom. The van der Waals surface area contributed by atoms with E-state index >= 15 is 0 Å². The molecule has 12 heavy (non-hydrogen) atoms. The van der Waals surface area contributed by atoms with Crippen LogP contribution in [0.1, 0.15) is 11.7 Å². The van der Waals surface area contributed by atoms with Crippen LogP contribution in [0.15, 0.2) is 24.5 Å². The number of hydrogen-bond acceptors (Lipinski definition) is 2. The van der Waals surface area contributed by atoms with Gasteiger partial charge in [-0.1, -0.05) is 6.07 Å². The van der Waals surface area contributed by atoms with Gasteiger partial charge < -0.3 is 5.11 Å². The molecular formula is C7H6Br2FNO. The maximum atomic E-state index is 13.0. The summed E-state index contributed by atoms with van der Waals surface area (Å²) in [5.41, 5.74) is 0.411. The number of rotatable bonds is 2. The van der Waals surface area contributed by atoms with Crippen molar-refractivity contribution in [1.82, 2.24) is 4.98 Å². The second-order valence-corrected chi connectivity index (χ2v) is 5.60. The molecule has 0 bridgehead atoms. The number of aliphatic hydroxyl groups is 1. The van der Waals surface area contributed by atoms with E-state index in [0.717, 1.165) is 0 Å². The van der Waals surface area contributed by atoms with Crippen LogP contribution in [0.4, 0.5) is 4.39 Å². The smallest absolute Gasteiger partial charge is 0.248 e. The lowest BCUT2D eigenvalue weighted by atomic mass is 10.2. The number of aromatic nitrogens is 1. The summed E-state index contributed by atoms with van der Waals surface area (Å²) in [6, 6.07) is 3.22. The lowest BCUT2D eigenvalue weighted by molar-refractivity contribution is 0.114. The average Bonchev–Trinajstić information content (AvgIpc) is 2.03. The monoisotopic (exact) mass is 297 g/mol. The van der Waals surface area contributed by atoms with Crippen LogP contribution in [0.2, 0.25) is 0 Å². The van der Waals surface area contributed by atoms with Gasteiger partial charge in [0.1, 0.15) is 6.10 Å². The first kappa shape index (κ1) is 10.1. The van der Waals surface area contributed by atoms with Gasteiger partial charge in [0.2, 0.25) is 3.49 Å². The number of alkyl halides is 3. The zero-order valence-corrected chi connectivity index (χ0v) is 9.09. The fourth-order valence-electron chi connectivity index (χ4n) is 0.727. The second kappa shape index (κ2) is 3.81. The lowest BCUT2D eigenvalue weighted by Gasteiger charge is -2.17. The molecule has 1 atom stereocenters. The van der Waals surface area contributed by atoms with Crippen molar-refractivity contribution < 1.29 is 9.50 Å². The Morgan fingerprint density at radius 3 is 2.67 bits per heavy atom. The SMILES string of the molecule is OC(c1cccnc1)C(F)(Br)Br. The van der Waals surface area contributed by atoms with Crippen molar-refractivity contribution in [1.29, 1.82) is 0 Å².